The van der Waals surface area contributed by atoms with Gasteiger partial charge in [0.25, 0.3) is 0 Å². The summed E-state index contributed by atoms with van der Waals surface area (Å²) in [6.45, 7) is 10.7. The Balaban J connectivity index is 1.51. The first kappa shape index (κ1) is 32.6. The van der Waals surface area contributed by atoms with E-state index in [0.717, 1.165) is 39.3 Å². The molecule has 234 valence electrons. The van der Waals surface area contributed by atoms with Crippen LogP contribution in [-0.2, 0) is 22.5 Å². The normalized spacial score (nSPS) is 15.7. The third-order valence-electron chi connectivity index (χ3n) is 7.47. The van der Waals surface area contributed by atoms with Gasteiger partial charge in [0.1, 0.15) is 23.4 Å². The largest absolute Gasteiger partial charge is 0.490 e. The highest BCUT2D eigenvalue weighted by molar-refractivity contribution is 8.24. The minimum Gasteiger partial charge on any atom is -0.490 e. The lowest BCUT2D eigenvalue weighted by Crippen LogP contribution is -2.28. The number of rotatable bonds is 12. The predicted molar refractivity (Wildman–Crippen MR) is 172 cm³/mol. The van der Waals surface area contributed by atoms with Crippen LogP contribution in [0.3, 0.4) is 0 Å². The van der Waals surface area contributed by atoms with Gasteiger partial charge in [0, 0.05) is 48.6 Å². The highest BCUT2D eigenvalue weighted by atomic mass is 32.3. The number of ether oxygens (including phenoxy) is 3. The molecule has 1 heterocycles. The Bertz CT molecular complexity index is 1390. The van der Waals surface area contributed by atoms with E-state index in [4.69, 9.17) is 14.2 Å². The Kier molecular flexibility index (Phi) is 11.0. The molecule has 7 nitrogen and oxygen atoms in total. The maximum atomic E-state index is 14.7. The molecule has 0 spiro atoms. The van der Waals surface area contributed by atoms with E-state index >= 15 is 0 Å². The van der Waals surface area contributed by atoms with Gasteiger partial charge >= 0.3 is 5.97 Å². The smallest absolute Gasteiger partial charge is 0.306 e. The summed E-state index contributed by atoms with van der Waals surface area (Å²) in [4.78, 5) is 11.6. The van der Waals surface area contributed by atoms with Gasteiger partial charge in [-0.05, 0) is 105 Å². The fourth-order valence-electron chi connectivity index (χ4n) is 5.39. The van der Waals surface area contributed by atoms with Crippen molar-refractivity contribution in [2.75, 3.05) is 23.4 Å². The molecule has 0 bridgehead atoms. The maximum absolute atomic E-state index is 14.7. The molecule has 0 aromatic heterocycles. The van der Waals surface area contributed by atoms with Crippen molar-refractivity contribution >= 4 is 22.2 Å². The number of nitrogens with one attached hydrogen (secondary N) is 1. The van der Waals surface area contributed by atoms with E-state index in [1.54, 1.807) is 13.0 Å². The van der Waals surface area contributed by atoms with E-state index in [-0.39, 0.29) is 30.4 Å². The van der Waals surface area contributed by atoms with Gasteiger partial charge in [-0.15, -0.1) is 0 Å². The topological polar surface area (TPSA) is 97.3 Å². The monoisotopic (exact) mass is 613 g/mol. The summed E-state index contributed by atoms with van der Waals surface area (Å²) in [6, 6.07) is 15.1. The van der Waals surface area contributed by atoms with E-state index in [9.17, 15) is 18.3 Å². The molecule has 0 amide bonds. The maximum Gasteiger partial charge on any atom is 0.306 e. The van der Waals surface area contributed by atoms with E-state index in [1.165, 1.54) is 6.07 Å². The Morgan fingerprint density at radius 1 is 1.05 bits per heavy atom. The quantitative estimate of drug-likeness (QED) is 0.177. The van der Waals surface area contributed by atoms with Crippen molar-refractivity contribution in [2.45, 2.75) is 79.1 Å². The molecule has 1 aliphatic heterocycles. The Morgan fingerprint density at radius 3 is 2.37 bits per heavy atom. The van der Waals surface area contributed by atoms with Crippen LogP contribution in [0, 0.1) is 19.7 Å². The predicted octanol–water partition coefficient (Wildman–Crippen LogP) is 8.30. The van der Waals surface area contributed by atoms with Gasteiger partial charge in [0.15, 0.2) is 0 Å². The van der Waals surface area contributed by atoms with Crippen molar-refractivity contribution in [3.8, 4) is 22.6 Å². The number of carbonyl (C=O) groups excluding carboxylic acids is 1. The lowest BCUT2D eigenvalue weighted by Gasteiger charge is -2.39. The van der Waals surface area contributed by atoms with Gasteiger partial charge in [-0.3, -0.25) is 13.9 Å². The second-order valence-corrected chi connectivity index (χ2v) is 13.8. The molecule has 43 heavy (non-hydrogen) atoms. The van der Waals surface area contributed by atoms with E-state index in [1.807, 2.05) is 44.2 Å². The number of carbonyl (C=O) groups is 1. The number of hydrogen-bond donors (Lipinski definition) is 3. The first-order chi connectivity index (χ1) is 20.4. The Labute approximate surface area is 256 Å². The first-order valence-corrected chi connectivity index (χ1v) is 16.8. The van der Waals surface area contributed by atoms with Crippen molar-refractivity contribution in [2.24, 2.45) is 0 Å². The summed E-state index contributed by atoms with van der Waals surface area (Å²) in [5, 5.41) is 3.32. The minimum atomic E-state index is -2.45. The second-order valence-electron chi connectivity index (χ2n) is 11.4. The zero-order valence-corrected chi connectivity index (χ0v) is 26.6. The SMILES string of the molecule is CCOC(=O)CCc1ccc(NCc2ccc(OC(C)C)c(-c3c(C)cc(OC4CCS(O)(O)CC4)cc3C)c2)cc1F. The molecular weight excluding hydrogens is 569 g/mol. The summed E-state index contributed by atoms with van der Waals surface area (Å²) in [7, 11) is -2.45. The third kappa shape index (κ3) is 9.11. The van der Waals surface area contributed by atoms with Gasteiger partial charge in [0.2, 0.25) is 0 Å². The molecule has 0 atom stereocenters. The van der Waals surface area contributed by atoms with Crippen LogP contribution < -0.4 is 14.8 Å². The van der Waals surface area contributed by atoms with Gasteiger partial charge in [0.05, 0.1) is 12.7 Å². The van der Waals surface area contributed by atoms with Crippen molar-refractivity contribution in [3.05, 3.63) is 76.6 Å². The molecule has 0 radical (unpaired) electrons. The minimum absolute atomic E-state index is 0.00476. The highest BCUT2D eigenvalue weighted by Gasteiger charge is 2.26. The van der Waals surface area contributed by atoms with Crippen LogP contribution in [0.1, 0.15) is 62.3 Å². The average molecular weight is 614 g/mol. The number of anilines is 1. The van der Waals surface area contributed by atoms with Crippen LogP contribution in [0.2, 0.25) is 0 Å². The number of benzene rings is 3. The lowest BCUT2D eigenvalue weighted by atomic mass is 9.93. The molecule has 1 fully saturated rings. The fraction of sp³-hybridized carbons (Fsp3) is 0.441. The molecule has 4 rings (SSSR count). The lowest BCUT2D eigenvalue weighted by molar-refractivity contribution is -0.143. The van der Waals surface area contributed by atoms with E-state index in [0.29, 0.717) is 55.2 Å². The second kappa shape index (κ2) is 14.5. The van der Waals surface area contributed by atoms with Crippen molar-refractivity contribution in [1.29, 1.82) is 0 Å². The number of esters is 1. The zero-order chi connectivity index (χ0) is 31.1. The summed E-state index contributed by atoms with van der Waals surface area (Å²) in [5.74, 6) is 1.65. The molecule has 3 aromatic carbocycles. The molecule has 3 N–H and O–H groups in total. The van der Waals surface area contributed by atoms with Gasteiger partial charge in [-0.25, -0.2) is 4.39 Å². The molecule has 0 aliphatic carbocycles. The molecule has 0 unspecified atom stereocenters. The van der Waals surface area contributed by atoms with Crippen molar-refractivity contribution < 1.29 is 32.5 Å². The van der Waals surface area contributed by atoms with Crippen molar-refractivity contribution in [3.63, 3.8) is 0 Å². The molecular formula is C34H44FNO6S. The van der Waals surface area contributed by atoms with Gasteiger partial charge in [-0.2, -0.15) is 10.6 Å². The Hall–Kier alpha value is -3.27. The summed E-state index contributed by atoms with van der Waals surface area (Å²) in [5.41, 5.74) is 6.29. The summed E-state index contributed by atoms with van der Waals surface area (Å²) < 4.78 is 52.0. The van der Waals surface area contributed by atoms with E-state index in [2.05, 4.69) is 25.2 Å². The third-order valence-corrected chi connectivity index (χ3v) is 9.25. The number of halogens is 1. The zero-order valence-electron chi connectivity index (χ0n) is 25.7. The summed E-state index contributed by atoms with van der Waals surface area (Å²) >= 11 is 0. The highest BCUT2D eigenvalue weighted by Crippen LogP contribution is 2.45. The van der Waals surface area contributed by atoms with Crippen LogP contribution in [-0.4, -0.2) is 45.4 Å². The summed E-state index contributed by atoms with van der Waals surface area (Å²) in [6.07, 6.45) is 1.66. The van der Waals surface area contributed by atoms with Crippen LogP contribution in [0.5, 0.6) is 11.5 Å². The molecule has 3 aromatic rings. The van der Waals surface area contributed by atoms with Crippen molar-refractivity contribution in [1.82, 2.24) is 0 Å². The number of hydrogen-bond acceptors (Lipinski definition) is 7. The molecule has 1 saturated heterocycles. The van der Waals surface area contributed by atoms with Crippen LogP contribution in [0.15, 0.2) is 48.5 Å². The average Bonchev–Trinajstić information content (AvgIpc) is 2.93. The fourth-order valence-corrected chi connectivity index (χ4v) is 6.87. The molecule has 1 aliphatic rings. The molecule has 9 heteroatoms. The number of aryl methyl sites for hydroxylation is 3. The van der Waals surface area contributed by atoms with Gasteiger partial charge in [-0.1, -0.05) is 12.1 Å². The first-order valence-electron chi connectivity index (χ1n) is 14.9. The Morgan fingerprint density at radius 2 is 1.74 bits per heavy atom. The van der Waals surface area contributed by atoms with E-state index < -0.39 is 10.6 Å². The van der Waals surface area contributed by atoms with Crippen LogP contribution >= 0.6 is 10.6 Å². The molecule has 0 saturated carbocycles. The van der Waals surface area contributed by atoms with Crippen LogP contribution in [0.25, 0.3) is 11.1 Å². The standard InChI is InChI=1S/C34H44FNO6S/c1-6-40-33(37)12-9-26-8-10-27(20-31(26)35)36-21-25-7-11-32(41-22(2)3)30(19-25)34-23(4)17-29(18-24(34)5)42-28-13-15-43(38,39)16-14-28/h7-8,10-11,17-20,22,28,36,38-39H,6,9,12-16,21H2,1-5H3. The van der Waals surface area contributed by atoms with Crippen LogP contribution in [0.4, 0.5) is 10.1 Å². The van der Waals surface area contributed by atoms with Gasteiger partial charge < -0.3 is 19.5 Å².